The second kappa shape index (κ2) is 6.76. The lowest BCUT2D eigenvalue weighted by atomic mass is 9.96. The summed E-state index contributed by atoms with van der Waals surface area (Å²) >= 11 is 0. The summed E-state index contributed by atoms with van der Waals surface area (Å²) in [5.41, 5.74) is 0.688. The highest BCUT2D eigenvalue weighted by Crippen LogP contribution is 2.25. The monoisotopic (exact) mass is 338 g/mol. The van der Waals surface area contributed by atoms with E-state index in [-0.39, 0.29) is 11.6 Å². The Hall–Kier alpha value is -2.54. The highest BCUT2D eigenvalue weighted by molar-refractivity contribution is 5.77. The molecule has 2 atom stereocenters. The molecule has 1 fully saturated rings. The summed E-state index contributed by atoms with van der Waals surface area (Å²) in [6.45, 7) is 4.99. The second-order valence-corrected chi connectivity index (χ2v) is 6.77. The molecule has 0 spiro atoms. The summed E-state index contributed by atoms with van der Waals surface area (Å²) in [5, 5.41) is 4.85. The molecule has 2 aromatic heterocycles. The topological polar surface area (TPSA) is 79.7 Å². The molecule has 7 heteroatoms. The highest BCUT2D eigenvalue weighted by Gasteiger charge is 2.26. The van der Waals surface area contributed by atoms with E-state index in [1.807, 2.05) is 28.9 Å². The third-order valence-corrected chi connectivity index (χ3v) is 5.04. The number of hydrogen-bond acceptors (Lipinski definition) is 5. The van der Waals surface area contributed by atoms with Gasteiger partial charge < -0.3 is 4.98 Å². The van der Waals surface area contributed by atoms with E-state index in [4.69, 9.17) is 0 Å². The van der Waals surface area contributed by atoms with E-state index >= 15 is 0 Å². The van der Waals surface area contributed by atoms with E-state index in [1.165, 1.54) is 6.42 Å². The number of benzene rings is 1. The first-order chi connectivity index (χ1) is 12.2. The molecule has 1 N–H and O–H groups in total. The number of nitrogens with one attached hydrogen (secondary N) is 1. The summed E-state index contributed by atoms with van der Waals surface area (Å²) in [6, 6.07) is 7.56. The number of fused-ring (bicyclic) bond motifs is 1. The van der Waals surface area contributed by atoms with Gasteiger partial charge in [-0.25, -0.2) is 9.97 Å². The fourth-order valence-electron chi connectivity index (χ4n) is 3.66. The minimum Gasteiger partial charge on any atom is -0.309 e. The molecular weight excluding hydrogens is 316 g/mol. The number of likely N-dealkylation sites (tertiary alicyclic amines) is 1. The Morgan fingerprint density at radius 3 is 3.08 bits per heavy atom. The number of H-pyrrole nitrogens is 1. The summed E-state index contributed by atoms with van der Waals surface area (Å²) in [6.07, 6.45) is 5.67. The van der Waals surface area contributed by atoms with Crippen LogP contribution in [0.15, 0.2) is 41.7 Å². The predicted molar refractivity (Wildman–Crippen MR) is 95.1 cm³/mol. The fourth-order valence-corrected chi connectivity index (χ4v) is 3.66. The Morgan fingerprint density at radius 2 is 2.24 bits per heavy atom. The number of nitrogens with zero attached hydrogens (tertiary/aromatic N) is 5. The van der Waals surface area contributed by atoms with Crippen molar-refractivity contribution >= 4 is 10.9 Å². The molecule has 0 radical (unpaired) electrons. The summed E-state index contributed by atoms with van der Waals surface area (Å²) < 4.78 is 1.90. The predicted octanol–water partition coefficient (Wildman–Crippen LogP) is 1.99. The van der Waals surface area contributed by atoms with Gasteiger partial charge in [0, 0.05) is 13.1 Å². The van der Waals surface area contributed by atoms with Gasteiger partial charge in [-0.3, -0.25) is 14.4 Å². The molecule has 1 aliphatic rings. The van der Waals surface area contributed by atoms with Crippen LogP contribution in [0.1, 0.15) is 31.6 Å². The molecule has 1 aliphatic heterocycles. The highest BCUT2D eigenvalue weighted by atomic mass is 16.1. The van der Waals surface area contributed by atoms with E-state index in [1.54, 1.807) is 12.7 Å². The van der Waals surface area contributed by atoms with Crippen LogP contribution in [0.5, 0.6) is 0 Å². The van der Waals surface area contributed by atoms with Gasteiger partial charge >= 0.3 is 0 Å². The quantitative estimate of drug-likeness (QED) is 0.787. The lowest BCUT2D eigenvalue weighted by Crippen LogP contribution is -2.39. The van der Waals surface area contributed by atoms with Crippen LogP contribution in [0.4, 0.5) is 0 Å². The average Bonchev–Trinajstić information content (AvgIpc) is 3.14. The van der Waals surface area contributed by atoms with Crippen LogP contribution >= 0.6 is 0 Å². The molecule has 7 nitrogen and oxygen atoms in total. The van der Waals surface area contributed by atoms with E-state index in [0.29, 0.717) is 11.3 Å². The first-order valence-electron chi connectivity index (χ1n) is 8.76. The van der Waals surface area contributed by atoms with Crippen LogP contribution in [-0.2, 0) is 6.54 Å². The third kappa shape index (κ3) is 3.32. The summed E-state index contributed by atoms with van der Waals surface area (Å²) in [4.78, 5) is 26.4. The van der Waals surface area contributed by atoms with Crippen molar-refractivity contribution in [2.24, 2.45) is 5.92 Å². The summed E-state index contributed by atoms with van der Waals surface area (Å²) in [7, 11) is 0. The van der Waals surface area contributed by atoms with Crippen molar-refractivity contribution in [2.45, 2.75) is 32.4 Å². The molecule has 0 unspecified atom stereocenters. The van der Waals surface area contributed by atoms with Crippen LogP contribution in [0, 0.1) is 5.92 Å². The minimum atomic E-state index is -0.0661. The Morgan fingerprint density at radius 1 is 1.36 bits per heavy atom. The first-order valence-corrected chi connectivity index (χ1v) is 8.76. The number of piperidine rings is 1. The van der Waals surface area contributed by atoms with Crippen molar-refractivity contribution in [3.8, 4) is 0 Å². The first kappa shape index (κ1) is 16.0. The van der Waals surface area contributed by atoms with Gasteiger partial charge in [-0.1, -0.05) is 12.1 Å². The Labute approximate surface area is 145 Å². The van der Waals surface area contributed by atoms with Crippen molar-refractivity contribution in [3.63, 3.8) is 0 Å². The number of hydrogen-bond donors (Lipinski definition) is 1. The zero-order valence-electron chi connectivity index (χ0n) is 14.3. The van der Waals surface area contributed by atoms with E-state index in [2.05, 4.69) is 31.9 Å². The van der Waals surface area contributed by atoms with Crippen molar-refractivity contribution in [1.82, 2.24) is 29.6 Å². The molecular formula is C18H22N6O. The standard InChI is InChI=1S/C18H22N6O/c1-13(17-21-16-7-3-2-6-15(16)18(25)22-17)23-8-4-5-14(9-23)10-24-12-19-11-20-24/h2-3,6-7,11-14H,4-5,8-10H2,1H3,(H,21,22,25)/t13-,14+/m0/s1. The van der Waals surface area contributed by atoms with Gasteiger partial charge in [0.05, 0.1) is 16.9 Å². The maximum Gasteiger partial charge on any atom is 0.258 e. The largest absolute Gasteiger partial charge is 0.309 e. The smallest absolute Gasteiger partial charge is 0.258 e. The number of rotatable bonds is 4. The zero-order valence-corrected chi connectivity index (χ0v) is 14.3. The Kier molecular flexibility index (Phi) is 4.31. The van der Waals surface area contributed by atoms with Crippen molar-refractivity contribution < 1.29 is 0 Å². The number of para-hydroxylation sites is 1. The lowest BCUT2D eigenvalue weighted by molar-refractivity contribution is 0.117. The second-order valence-electron chi connectivity index (χ2n) is 6.77. The summed E-state index contributed by atoms with van der Waals surface area (Å²) in [5.74, 6) is 1.27. The molecule has 0 aliphatic carbocycles. The minimum absolute atomic E-state index is 0.0661. The number of aromatic nitrogens is 5. The third-order valence-electron chi connectivity index (χ3n) is 5.04. The maximum absolute atomic E-state index is 12.3. The van der Waals surface area contributed by atoms with Crippen LogP contribution in [0.25, 0.3) is 10.9 Å². The molecule has 1 saturated heterocycles. The van der Waals surface area contributed by atoms with Gasteiger partial charge in [0.2, 0.25) is 0 Å². The SMILES string of the molecule is C[C@@H](c1nc2ccccc2c(=O)[nH]1)N1CCC[C@@H](Cn2cncn2)C1. The van der Waals surface area contributed by atoms with Crippen LogP contribution in [0.2, 0.25) is 0 Å². The molecule has 1 aromatic carbocycles. The van der Waals surface area contributed by atoms with Gasteiger partial charge in [0.1, 0.15) is 18.5 Å². The maximum atomic E-state index is 12.3. The fraction of sp³-hybridized carbons (Fsp3) is 0.444. The van der Waals surface area contributed by atoms with Gasteiger partial charge in [0.15, 0.2) is 0 Å². The molecule has 130 valence electrons. The zero-order chi connectivity index (χ0) is 17.2. The van der Waals surface area contributed by atoms with Gasteiger partial charge in [-0.05, 0) is 44.4 Å². The van der Waals surface area contributed by atoms with Crippen molar-refractivity contribution in [1.29, 1.82) is 0 Å². The van der Waals surface area contributed by atoms with E-state index in [9.17, 15) is 4.79 Å². The van der Waals surface area contributed by atoms with Gasteiger partial charge in [0.25, 0.3) is 5.56 Å². The average molecular weight is 338 g/mol. The Balaban J connectivity index is 1.53. The van der Waals surface area contributed by atoms with E-state index < -0.39 is 0 Å². The van der Waals surface area contributed by atoms with Crippen LogP contribution in [-0.4, -0.2) is 42.7 Å². The molecule has 3 heterocycles. The molecule has 3 aromatic rings. The molecule has 0 bridgehead atoms. The van der Waals surface area contributed by atoms with Crippen LogP contribution in [0.3, 0.4) is 0 Å². The van der Waals surface area contributed by atoms with E-state index in [0.717, 1.165) is 37.4 Å². The van der Waals surface area contributed by atoms with Crippen molar-refractivity contribution in [2.75, 3.05) is 13.1 Å². The van der Waals surface area contributed by atoms with Crippen molar-refractivity contribution in [3.05, 3.63) is 53.1 Å². The van der Waals surface area contributed by atoms with Gasteiger partial charge in [-0.2, -0.15) is 5.10 Å². The molecule has 0 saturated carbocycles. The van der Waals surface area contributed by atoms with Crippen LogP contribution < -0.4 is 5.56 Å². The number of aromatic amines is 1. The Bertz CT molecular complexity index is 903. The van der Waals surface area contributed by atoms with Gasteiger partial charge in [-0.15, -0.1) is 0 Å². The molecule has 0 amide bonds. The molecule has 4 rings (SSSR count). The normalized spacial score (nSPS) is 20.0. The molecule has 25 heavy (non-hydrogen) atoms. The lowest BCUT2D eigenvalue weighted by Gasteiger charge is -2.36.